The molecule has 0 aliphatic carbocycles. The van der Waals surface area contributed by atoms with E-state index in [0.717, 1.165) is 49.9 Å². The number of aryl methyl sites for hydroxylation is 1. The van der Waals surface area contributed by atoms with Crippen molar-refractivity contribution in [3.8, 4) is 0 Å². The zero-order valence-electron chi connectivity index (χ0n) is 15.1. The van der Waals surface area contributed by atoms with Gasteiger partial charge >= 0.3 is 0 Å². The van der Waals surface area contributed by atoms with Gasteiger partial charge < -0.3 is 14.4 Å². The highest BCUT2D eigenvalue weighted by molar-refractivity contribution is 5.17. The Labute approximate surface area is 149 Å². The number of benzene rings is 1. The molecule has 136 valence electrons. The quantitative estimate of drug-likeness (QED) is 0.835. The number of aliphatic hydroxyl groups excluding tert-OH is 1. The van der Waals surface area contributed by atoms with Gasteiger partial charge in [-0.25, -0.2) is 0 Å². The van der Waals surface area contributed by atoms with Gasteiger partial charge in [-0.05, 0) is 25.3 Å². The summed E-state index contributed by atoms with van der Waals surface area (Å²) in [6.07, 6.45) is 1.24. The SMILES string of the molecule is CCCn1c(C)nnc1CN1CCOCC1CC(O)c1ccccc1. The second-order valence-corrected chi connectivity index (χ2v) is 6.68. The molecule has 2 aromatic rings. The minimum Gasteiger partial charge on any atom is -0.388 e. The Hall–Kier alpha value is -1.76. The molecule has 6 nitrogen and oxygen atoms in total. The minimum atomic E-state index is -0.481. The number of aromatic nitrogens is 3. The molecule has 3 rings (SSSR count). The lowest BCUT2D eigenvalue weighted by Gasteiger charge is -2.36. The summed E-state index contributed by atoms with van der Waals surface area (Å²) >= 11 is 0. The van der Waals surface area contributed by atoms with Gasteiger partial charge in [-0.3, -0.25) is 4.90 Å². The van der Waals surface area contributed by atoms with Gasteiger partial charge in [0.15, 0.2) is 0 Å². The Morgan fingerprint density at radius 3 is 2.84 bits per heavy atom. The highest BCUT2D eigenvalue weighted by Gasteiger charge is 2.27. The molecule has 0 radical (unpaired) electrons. The first kappa shape index (κ1) is 18.0. The van der Waals surface area contributed by atoms with Gasteiger partial charge in [-0.15, -0.1) is 10.2 Å². The van der Waals surface area contributed by atoms with Crippen LogP contribution < -0.4 is 0 Å². The molecular formula is C19H28N4O2. The van der Waals surface area contributed by atoms with Crippen LogP contribution in [0.4, 0.5) is 0 Å². The van der Waals surface area contributed by atoms with Crippen LogP contribution >= 0.6 is 0 Å². The van der Waals surface area contributed by atoms with E-state index in [1.54, 1.807) is 0 Å². The fourth-order valence-electron chi connectivity index (χ4n) is 3.42. The van der Waals surface area contributed by atoms with Crippen molar-refractivity contribution in [3.05, 3.63) is 47.5 Å². The van der Waals surface area contributed by atoms with Crippen LogP contribution in [0.1, 0.15) is 43.1 Å². The summed E-state index contributed by atoms with van der Waals surface area (Å²) in [6, 6.07) is 10.0. The number of ether oxygens (including phenoxy) is 1. The number of hydrogen-bond acceptors (Lipinski definition) is 5. The first-order chi connectivity index (χ1) is 12.2. The first-order valence-electron chi connectivity index (χ1n) is 9.12. The van der Waals surface area contributed by atoms with E-state index in [4.69, 9.17) is 4.74 Å². The Bertz CT molecular complexity index is 659. The smallest absolute Gasteiger partial charge is 0.147 e. The largest absolute Gasteiger partial charge is 0.388 e. The number of morpholine rings is 1. The molecule has 2 unspecified atom stereocenters. The van der Waals surface area contributed by atoms with E-state index >= 15 is 0 Å². The highest BCUT2D eigenvalue weighted by atomic mass is 16.5. The maximum atomic E-state index is 10.6. The average Bonchev–Trinajstić information content (AvgIpc) is 2.98. The molecule has 1 fully saturated rings. The summed E-state index contributed by atoms with van der Waals surface area (Å²) in [4.78, 5) is 2.37. The van der Waals surface area contributed by atoms with Crippen molar-refractivity contribution in [3.63, 3.8) is 0 Å². The predicted octanol–water partition coefficient (Wildman–Crippen LogP) is 2.32. The first-order valence-corrected chi connectivity index (χ1v) is 9.12. The fraction of sp³-hybridized carbons (Fsp3) is 0.579. The molecule has 1 saturated heterocycles. The van der Waals surface area contributed by atoms with Crippen LogP contribution in [0.5, 0.6) is 0 Å². The van der Waals surface area contributed by atoms with Crippen molar-refractivity contribution >= 4 is 0 Å². The normalized spacial score (nSPS) is 19.9. The molecule has 0 bridgehead atoms. The van der Waals surface area contributed by atoms with E-state index in [1.165, 1.54) is 0 Å². The molecule has 2 heterocycles. The van der Waals surface area contributed by atoms with Gasteiger partial charge in [0.05, 0.1) is 25.9 Å². The Balaban J connectivity index is 1.69. The molecule has 0 amide bonds. The Morgan fingerprint density at radius 1 is 1.28 bits per heavy atom. The standard InChI is InChI=1S/C19H28N4O2/c1-3-9-23-15(2)20-21-19(23)13-22-10-11-25-14-17(22)12-18(24)16-7-5-4-6-8-16/h4-8,17-18,24H,3,9-14H2,1-2H3. The Morgan fingerprint density at radius 2 is 2.08 bits per heavy atom. The van der Waals surface area contributed by atoms with E-state index in [1.807, 2.05) is 37.3 Å². The van der Waals surface area contributed by atoms with Crippen LogP contribution in [0.25, 0.3) is 0 Å². The number of aliphatic hydroxyl groups is 1. The van der Waals surface area contributed by atoms with Crippen molar-refractivity contribution < 1.29 is 9.84 Å². The van der Waals surface area contributed by atoms with Gasteiger partial charge in [0.1, 0.15) is 11.6 Å². The zero-order valence-corrected chi connectivity index (χ0v) is 15.1. The third-order valence-electron chi connectivity index (χ3n) is 4.83. The van der Waals surface area contributed by atoms with Gasteiger partial charge in [-0.2, -0.15) is 0 Å². The number of nitrogens with zero attached hydrogens (tertiary/aromatic N) is 4. The van der Waals surface area contributed by atoms with Gasteiger partial charge in [0.25, 0.3) is 0 Å². The fourth-order valence-corrected chi connectivity index (χ4v) is 3.42. The van der Waals surface area contributed by atoms with Crippen molar-refractivity contribution in [2.75, 3.05) is 19.8 Å². The molecule has 1 aromatic carbocycles. The lowest BCUT2D eigenvalue weighted by atomic mass is 10.0. The summed E-state index contributed by atoms with van der Waals surface area (Å²) in [5.74, 6) is 1.96. The average molecular weight is 344 g/mol. The third kappa shape index (κ3) is 4.45. The van der Waals surface area contributed by atoms with Crippen LogP contribution in [0.15, 0.2) is 30.3 Å². The monoisotopic (exact) mass is 344 g/mol. The molecule has 1 aliphatic heterocycles. The molecule has 1 aromatic heterocycles. The molecule has 2 atom stereocenters. The van der Waals surface area contributed by atoms with Crippen LogP contribution in [0.3, 0.4) is 0 Å². The molecule has 1 aliphatic rings. The van der Waals surface area contributed by atoms with Gasteiger partial charge in [0.2, 0.25) is 0 Å². The summed E-state index contributed by atoms with van der Waals surface area (Å²) in [6.45, 7) is 8.07. The Kier molecular flexibility index (Phi) is 6.18. The lowest BCUT2D eigenvalue weighted by molar-refractivity contribution is -0.0314. The van der Waals surface area contributed by atoms with Crippen molar-refractivity contribution in [2.24, 2.45) is 0 Å². The molecule has 25 heavy (non-hydrogen) atoms. The van der Waals surface area contributed by atoms with Crippen molar-refractivity contribution in [1.82, 2.24) is 19.7 Å². The van der Waals surface area contributed by atoms with Crippen molar-refractivity contribution in [2.45, 2.75) is 51.9 Å². The summed E-state index contributed by atoms with van der Waals surface area (Å²) < 4.78 is 7.87. The summed E-state index contributed by atoms with van der Waals surface area (Å²) in [5, 5.41) is 19.2. The van der Waals surface area contributed by atoms with E-state index in [0.29, 0.717) is 13.0 Å². The molecular weight excluding hydrogens is 316 g/mol. The predicted molar refractivity (Wildman–Crippen MR) is 96.1 cm³/mol. The van der Waals surface area contributed by atoms with E-state index in [9.17, 15) is 5.11 Å². The molecule has 0 saturated carbocycles. The third-order valence-corrected chi connectivity index (χ3v) is 4.83. The van der Waals surface area contributed by atoms with Crippen LogP contribution in [-0.4, -0.2) is 50.6 Å². The molecule has 6 heteroatoms. The van der Waals surface area contributed by atoms with E-state index in [2.05, 4.69) is 26.6 Å². The molecule has 1 N–H and O–H groups in total. The molecule has 0 spiro atoms. The second kappa shape index (κ2) is 8.56. The topological polar surface area (TPSA) is 63.4 Å². The maximum Gasteiger partial charge on any atom is 0.147 e. The van der Waals surface area contributed by atoms with Gasteiger partial charge in [-0.1, -0.05) is 37.3 Å². The summed E-state index contributed by atoms with van der Waals surface area (Å²) in [7, 11) is 0. The van der Waals surface area contributed by atoms with Crippen LogP contribution in [0, 0.1) is 6.92 Å². The number of rotatable bonds is 7. The van der Waals surface area contributed by atoms with E-state index in [-0.39, 0.29) is 6.04 Å². The maximum absolute atomic E-state index is 10.6. The number of hydrogen-bond donors (Lipinski definition) is 1. The van der Waals surface area contributed by atoms with E-state index < -0.39 is 6.10 Å². The van der Waals surface area contributed by atoms with Crippen LogP contribution in [-0.2, 0) is 17.8 Å². The zero-order chi connectivity index (χ0) is 17.6. The van der Waals surface area contributed by atoms with Crippen LogP contribution in [0.2, 0.25) is 0 Å². The minimum absolute atomic E-state index is 0.177. The lowest BCUT2D eigenvalue weighted by Crippen LogP contribution is -2.46. The summed E-state index contributed by atoms with van der Waals surface area (Å²) in [5.41, 5.74) is 0.956. The second-order valence-electron chi connectivity index (χ2n) is 6.68. The highest BCUT2D eigenvalue weighted by Crippen LogP contribution is 2.23. The van der Waals surface area contributed by atoms with Gasteiger partial charge in [0, 0.05) is 19.1 Å². The van der Waals surface area contributed by atoms with Crippen molar-refractivity contribution in [1.29, 1.82) is 0 Å².